The Bertz CT molecular complexity index is 802. The zero-order valence-electron chi connectivity index (χ0n) is 13.2. The minimum absolute atomic E-state index is 0.0865. The highest BCUT2D eigenvalue weighted by molar-refractivity contribution is 5.94. The van der Waals surface area contributed by atoms with Crippen LogP contribution in [0.1, 0.15) is 15.9 Å². The minimum Gasteiger partial charge on any atom is -0.353 e. The molecule has 0 bridgehead atoms. The first-order chi connectivity index (χ1) is 11.5. The smallest absolute Gasteiger partial charge is 0.251 e. The van der Waals surface area contributed by atoms with Gasteiger partial charge in [-0.1, -0.05) is 12.1 Å². The summed E-state index contributed by atoms with van der Waals surface area (Å²) >= 11 is 0. The molecule has 7 heteroatoms. The molecule has 6 nitrogen and oxygen atoms in total. The molecule has 0 aliphatic heterocycles. The summed E-state index contributed by atoms with van der Waals surface area (Å²) in [4.78, 5) is 35.1. The molecular weight excluding hydrogens is 313 g/mol. The number of nitrogens with one attached hydrogen (secondary N) is 2. The lowest BCUT2D eigenvalue weighted by atomic mass is 10.1. The lowest BCUT2D eigenvalue weighted by molar-refractivity contribution is -0.121. The van der Waals surface area contributed by atoms with E-state index in [1.165, 1.54) is 35.0 Å². The van der Waals surface area contributed by atoms with Crippen LogP contribution in [0, 0.1) is 12.7 Å². The van der Waals surface area contributed by atoms with E-state index in [-0.39, 0.29) is 36.7 Å². The van der Waals surface area contributed by atoms with Crippen molar-refractivity contribution in [1.82, 2.24) is 15.2 Å². The molecule has 0 aliphatic rings. The SMILES string of the molecule is Cc1ccc(C(=O)NCCNC(=O)Cn2ccccc2=O)cc1F. The fourth-order valence-electron chi connectivity index (χ4n) is 2.02. The van der Waals surface area contributed by atoms with E-state index >= 15 is 0 Å². The second kappa shape index (κ2) is 8.05. The molecule has 24 heavy (non-hydrogen) atoms. The molecule has 0 aliphatic carbocycles. The Balaban J connectivity index is 1.75. The van der Waals surface area contributed by atoms with Gasteiger partial charge in [0.25, 0.3) is 11.5 Å². The molecule has 0 spiro atoms. The first-order valence-corrected chi connectivity index (χ1v) is 7.44. The van der Waals surface area contributed by atoms with Crippen LogP contribution < -0.4 is 16.2 Å². The molecule has 0 atom stereocenters. The van der Waals surface area contributed by atoms with Crippen LogP contribution in [0.2, 0.25) is 0 Å². The third kappa shape index (κ3) is 4.77. The van der Waals surface area contributed by atoms with Gasteiger partial charge in [0.15, 0.2) is 0 Å². The first-order valence-electron chi connectivity index (χ1n) is 7.44. The number of aromatic nitrogens is 1. The maximum absolute atomic E-state index is 13.4. The minimum atomic E-state index is -0.441. The number of hydrogen-bond acceptors (Lipinski definition) is 3. The summed E-state index contributed by atoms with van der Waals surface area (Å²) in [5, 5.41) is 5.19. The van der Waals surface area contributed by atoms with Crippen molar-refractivity contribution in [2.75, 3.05) is 13.1 Å². The molecule has 0 fully saturated rings. The van der Waals surface area contributed by atoms with Gasteiger partial charge < -0.3 is 15.2 Å². The van der Waals surface area contributed by atoms with E-state index in [1.54, 1.807) is 19.1 Å². The van der Waals surface area contributed by atoms with Crippen LogP contribution in [0.3, 0.4) is 0 Å². The van der Waals surface area contributed by atoms with E-state index in [0.29, 0.717) is 5.56 Å². The number of amides is 2. The molecule has 1 aromatic heterocycles. The van der Waals surface area contributed by atoms with Gasteiger partial charge in [0.2, 0.25) is 5.91 Å². The molecule has 0 radical (unpaired) electrons. The third-order valence-corrected chi connectivity index (χ3v) is 3.38. The molecule has 0 unspecified atom stereocenters. The van der Waals surface area contributed by atoms with Crippen molar-refractivity contribution >= 4 is 11.8 Å². The number of nitrogens with zero attached hydrogens (tertiary/aromatic N) is 1. The fraction of sp³-hybridized carbons (Fsp3) is 0.235. The van der Waals surface area contributed by atoms with E-state index in [1.807, 2.05) is 0 Å². The van der Waals surface area contributed by atoms with Crippen molar-refractivity contribution in [2.24, 2.45) is 0 Å². The molecule has 2 amide bonds. The van der Waals surface area contributed by atoms with Crippen molar-refractivity contribution in [3.63, 3.8) is 0 Å². The third-order valence-electron chi connectivity index (χ3n) is 3.38. The van der Waals surface area contributed by atoms with E-state index in [2.05, 4.69) is 10.6 Å². The number of carbonyl (C=O) groups excluding carboxylic acids is 2. The van der Waals surface area contributed by atoms with Gasteiger partial charge in [-0.15, -0.1) is 0 Å². The van der Waals surface area contributed by atoms with Crippen LogP contribution in [0.4, 0.5) is 4.39 Å². The predicted octanol–water partition coefficient (Wildman–Crippen LogP) is 0.842. The van der Waals surface area contributed by atoms with Gasteiger partial charge in [-0.25, -0.2) is 4.39 Å². The van der Waals surface area contributed by atoms with Crippen LogP contribution in [0.15, 0.2) is 47.4 Å². The summed E-state index contributed by atoms with van der Waals surface area (Å²) in [6, 6.07) is 8.87. The summed E-state index contributed by atoms with van der Waals surface area (Å²) in [7, 11) is 0. The summed E-state index contributed by atoms with van der Waals surface area (Å²) in [5.74, 6) is -1.19. The second-order valence-electron chi connectivity index (χ2n) is 5.24. The standard InChI is InChI=1S/C17H18FN3O3/c1-12-5-6-13(10-14(12)18)17(24)20-8-7-19-15(22)11-21-9-3-2-4-16(21)23/h2-6,9-10H,7-8,11H2,1H3,(H,19,22)(H,20,24). The van der Waals surface area contributed by atoms with Gasteiger partial charge in [-0.2, -0.15) is 0 Å². The summed E-state index contributed by atoms with van der Waals surface area (Å²) in [5.41, 5.74) is 0.428. The normalized spacial score (nSPS) is 10.2. The van der Waals surface area contributed by atoms with Crippen LogP contribution in [0.5, 0.6) is 0 Å². The molecular formula is C17H18FN3O3. The molecule has 126 valence electrons. The predicted molar refractivity (Wildman–Crippen MR) is 87.2 cm³/mol. The first kappa shape index (κ1) is 17.4. The van der Waals surface area contributed by atoms with Crippen molar-refractivity contribution in [2.45, 2.75) is 13.5 Å². The summed E-state index contributed by atoms with van der Waals surface area (Å²) in [6.45, 7) is 1.94. The van der Waals surface area contributed by atoms with Crippen LogP contribution in [-0.2, 0) is 11.3 Å². The van der Waals surface area contributed by atoms with Crippen LogP contribution in [0.25, 0.3) is 0 Å². The van der Waals surface area contributed by atoms with E-state index in [9.17, 15) is 18.8 Å². The Hall–Kier alpha value is -2.96. The van der Waals surface area contributed by atoms with Gasteiger partial charge >= 0.3 is 0 Å². The number of benzene rings is 1. The van der Waals surface area contributed by atoms with Gasteiger partial charge in [0.05, 0.1) is 0 Å². The highest BCUT2D eigenvalue weighted by Gasteiger charge is 2.08. The number of pyridine rings is 1. The van der Waals surface area contributed by atoms with E-state index in [4.69, 9.17) is 0 Å². The van der Waals surface area contributed by atoms with Crippen molar-refractivity contribution in [3.05, 3.63) is 69.9 Å². The maximum Gasteiger partial charge on any atom is 0.251 e. The molecule has 2 aromatic rings. The number of carbonyl (C=O) groups is 2. The number of aryl methyl sites for hydroxylation is 1. The molecule has 2 rings (SSSR count). The highest BCUT2D eigenvalue weighted by atomic mass is 19.1. The monoisotopic (exact) mass is 331 g/mol. The Kier molecular flexibility index (Phi) is 5.83. The van der Waals surface area contributed by atoms with Gasteiger partial charge in [0, 0.05) is 30.9 Å². The molecule has 0 saturated carbocycles. The molecule has 0 saturated heterocycles. The molecule has 1 aromatic carbocycles. The van der Waals surface area contributed by atoms with Gasteiger partial charge in [-0.05, 0) is 30.7 Å². The average Bonchev–Trinajstić information content (AvgIpc) is 2.56. The lowest BCUT2D eigenvalue weighted by Gasteiger charge is -2.09. The second-order valence-corrected chi connectivity index (χ2v) is 5.24. The summed E-state index contributed by atoms with van der Waals surface area (Å²) in [6.07, 6.45) is 1.52. The van der Waals surface area contributed by atoms with E-state index in [0.717, 1.165) is 0 Å². The quantitative estimate of drug-likeness (QED) is 0.770. The topological polar surface area (TPSA) is 80.2 Å². The Morgan fingerprint density at radius 3 is 2.58 bits per heavy atom. The largest absolute Gasteiger partial charge is 0.353 e. The summed E-state index contributed by atoms with van der Waals surface area (Å²) < 4.78 is 14.7. The van der Waals surface area contributed by atoms with Crippen LogP contribution >= 0.6 is 0 Å². The highest BCUT2D eigenvalue weighted by Crippen LogP contribution is 2.08. The number of rotatable bonds is 6. The average molecular weight is 331 g/mol. The number of halogens is 1. The van der Waals surface area contributed by atoms with Crippen LogP contribution in [-0.4, -0.2) is 29.5 Å². The number of hydrogen-bond donors (Lipinski definition) is 2. The van der Waals surface area contributed by atoms with Crippen molar-refractivity contribution < 1.29 is 14.0 Å². The van der Waals surface area contributed by atoms with E-state index < -0.39 is 11.7 Å². The Morgan fingerprint density at radius 1 is 1.12 bits per heavy atom. The van der Waals surface area contributed by atoms with Gasteiger partial charge in [0.1, 0.15) is 12.4 Å². The zero-order chi connectivity index (χ0) is 17.5. The fourth-order valence-corrected chi connectivity index (χ4v) is 2.02. The van der Waals surface area contributed by atoms with Crippen molar-refractivity contribution in [1.29, 1.82) is 0 Å². The molecule has 1 heterocycles. The zero-order valence-corrected chi connectivity index (χ0v) is 13.2. The lowest BCUT2D eigenvalue weighted by Crippen LogP contribution is -2.37. The Labute approximate surface area is 138 Å². The maximum atomic E-state index is 13.4. The van der Waals surface area contributed by atoms with Crippen molar-refractivity contribution in [3.8, 4) is 0 Å². The molecule has 2 N–H and O–H groups in total. The Morgan fingerprint density at radius 2 is 1.88 bits per heavy atom. The van der Waals surface area contributed by atoms with Gasteiger partial charge in [-0.3, -0.25) is 14.4 Å².